The maximum absolute atomic E-state index is 13.1. The van der Waals surface area contributed by atoms with Gasteiger partial charge in [0.15, 0.2) is 12.2 Å². The number of unbranched alkanes of at least 4 members (excludes halogenated alkanes) is 56. The van der Waals surface area contributed by atoms with Crippen molar-refractivity contribution in [2.24, 2.45) is 5.92 Å². The highest BCUT2D eigenvalue weighted by Crippen LogP contribution is 2.45. The van der Waals surface area contributed by atoms with E-state index in [2.05, 4.69) is 34.6 Å². The Morgan fingerprint density at radius 1 is 0.262 bits per heavy atom. The standard InChI is InChI=1S/C84H164O17P2/c1-6-9-12-15-18-21-24-26-28-30-32-34-39-43-48-53-58-63-68-82(87)95-74-80(101-83(88)69-64-59-54-49-44-40-35-33-31-29-27-25-22-19-16-13-10-7-2)76-99-103(92,93)97-72-78(85)71-96-102(90,91)98-75-79(73-94-81(86)67-62-57-52-47-23-20-17-14-11-8-3)100-84(89)70-65-60-55-50-45-41-37-36-38-42-46-51-56-61-66-77(4)5/h77-80,85H,6-76H2,1-5H3,(H,90,91)(H,92,93)/t78-,79+,80+/m0/s1. The first kappa shape index (κ1) is 101. The fraction of sp³-hybridized carbons (Fsp3) is 0.952. The Balaban J connectivity index is 5.23. The molecule has 0 saturated heterocycles. The summed E-state index contributed by atoms with van der Waals surface area (Å²) in [6, 6.07) is 0. The van der Waals surface area contributed by atoms with Gasteiger partial charge in [-0.1, -0.05) is 401 Å². The first-order valence-electron chi connectivity index (χ1n) is 43.6. The van der Waals surface area contributed by atoms with Gasteiger partial charge in [0.2, 0.25) is 0 Å². The summed E-state index contributed by atoms with van der Waals surface area (Å²) in [5.41, 5.74) is 0. The number of esters is 4. The number of aliphatic hydroxyl groups excluding tert-OH is 1. The smallest absolute Gasteiger partial charge is 0.462 e. The number of hydrogen-bond acceptors (Lipinski definition) is 15. The van der Waals surface area contributed by atoms with E-state index in [0.717, 1.165) is 95.8 Å². The summed E-state index contributed by atoms with van der Waals surface area (Å²) < 4.78 is 68.8. The van der Waals surface area contributed by atoms with Gasteiger partial charge in [-0.25, -0.2) is 9.13 Å². The van der Waals surface area contributed by atoms with Crippen LogP contribution in [-0.2, 0) is 65.4 Å². The second-order valence-corrected chi connectivity index (χ2v) is 33.6. The van der Waals surface area contributed by atoms with Crippen LogP contribution in [0.15, 0.2) is 0 Å². The molecule has 0 amide bonds. The maximum atomic E-state index is 13.1. The zero-order chi connectivity index (χ0) is 75.5. The molecule has 0 aliphatic heterocycles. The molecule has 612 valence electrons. The van der Waals surface area contributed by atoms with E-state index < -0.39 is 97.5 Å². The molecule has 0 aliphatic rings. The molecule has 103 heavy (non-hydrogen) atoms. The van der Waals surface area contributed by atoms with Crippen LogP contribution in [-0.4, -0.2) is 96.7 Å². The second-order valence-electron chi connectivity index (χ2n) is 30.7. The minimum atomic E-state index is -4.96. The van der Waals surface area contributed by atoms with Crippen molar-refractivity contribution in [1.82, 2.24) is 0 Å². The third-order valence-corrected chi connectivity index (χ3v) is 21.7. The van der Waals surface area contributed by atoms with Crippen molar-refractivity contribution in [2.75, 3.05) is 39.6 Å². The Kier molecular flexibility index (Phi) is 75.4. The molecule has 0 aromatic carbocycles. The van der Waals surface area contributed by atoms with Crippen LogP contribution in [0.1, 0.15) is 452 Å². The number of hydrogen-bond donors (Lipinski definition) is 3. The summed E-state index contributed by atoms with van der Waals surface area (Å²) in [4.78, 5) is 73.1. The highest BCUT2D eigenvalue weighted by molar-refractivity contribution is 7.47. The Morgan fingerprint density at radius 3 is 0.660 bits per heavy atom. The van der Waals surface area contributed by atoms with E-state index >= 15 is 0 Å². The van der Waals surface area contributed by atoms with E-state index in [1.807, 2.05) is 0 Å². The van der Waals surface area contributed by atoms with Gasteiger partial charge < -0.3 is 33.8 Å². The van der Waals surface area contributed by atoms with E-state index in [1.165, 1.54) is 276 Å². The quantitative estimate of drug-likeness (QED) is 0.0222. The third kappa shape index (κ3) is 78.0. The lowest BCUT2D eigenvalue weighted by Crippen LogP contribution is -2.30. The van der Waals surface area contributed by atoms with Crippen LogP contribution in [0.4, 0.5) is 0 Å². The van der Waals surface area contributed by atoms with Crippen LogP contribution in [0.5, 0.6) is 0 Å². The second kappa shape index (κ2) is 76.8. The molecule has 0 aromatic heterocycles. The van der Waals surface area contributed by atoms with Crippen molar-refractivity contribution >= 4 is 39.5 Å². The summed E-state index contributed by atoms with van der Waals surface area (Å²) in [6.07, 6.45) is 69.3. The third-order valence-electron chi connectivity index (χ3n) is 19.8. The lowest BCUT2D eigenvalue weighted by Gasteiger charge is -2.21. The molecule has 19 heteroatoms. The molecule has 17 nitrogen and oxygen atoms in total. The van der Waals surface area contributed by atoms with Crippen LogP contribution < -0.4 is 0 Å². The molecule has 0 fully saturated rings. The first-order valence-corrected chi connectivity index (χ1v) is 46.6. The number of aliphatic hydroxyl groups is 1. The van der Waals surface area contributed by atoms with Crippen molar-refractivity contribution in [3.8, 4) is 0 Å². The molecular formula is C84H164O17P2. The average molecular weight is 1510 g/mol. The Labute approximate surface area is 632 Å². The summed E-state index contributed by atoms with van der Waals surface area (Å²) in [6.45, 7) is 7.37. The molecular weight excluding hydrogens is 1340 g/mol. The number of carbonyl (C=O) groups is 4. The fourth-order valence-corrected chi connectivity index (χ4v) is 14.7. The van der Waals surface area contributed by atoms with Crippen LogP contribution in [0.2, 0.25) is 0 Å². The molecule has 0 heterocycles. The van der Waals surface area contributed by atoms with E-state index in [4.69, 9.17) is 37.0 Å². The Hall–Kier alpha value is -1.94. The van der Waals surface area contributed by atoms with Gasteiger partial charge in [-0.3, -0.25) is 37.3 Å². The number of phosphoric acid groups is 2. The Bertz CT molecular complexity index is 1960. The Morgan fingerprint density at radius 2 is 0.447 bits per heavy atom. The molecule has 5 atom stereocenters. The van der Waals surface area contributed by atoms with Gasteiger partial charge in [0, 0.05) is 25.7 Å². The molecule has 2 unspecified atom stereocenters. The number of rotatable bonds is 84. The fourth-order valence-electron chi connectivity index (χ4n) is 13.1. The zero-order valence-corrected chi connectivity index (χ0v) is 69.3. The minimum absolute atomic E-state index is 0.108. The zero-order valence-electron chi connectivity index (χ0n) is 67.5. The monoisotopic (exact) mass is 1510 g/mol. The van der Waals surface area contributed by atoms with Crippen molar-refractivity contribution in [3.05, 3.63) is 0 Å². The summed E-state index contributed by atoms with van der Waals surface area (Å²) in [5, 5.41) is 10.7. The van der Waals surface area contributed by atoms with E-state index in [-0.39, 0.29) is 25.7 Å². The average Bonchev–Trinajstić information content (AvgIpc) is 0.937. The van der Waals surface area contributed by atoms with Crippen molar-refractivity contribution in [1.29, 1.82) is 0 Å². The maximum Gasteiger partial charge on any atom is 0.472 e. The van der Waals surface area contributed by atoms with E-state index in [0.29, 0.717) is 25.7 Å². The number of ether oxygens (including phenoxy) is 4. The number of carbonyl (C=O) groups excluding carboxylic acids is 4. The van der Waals surface area contributed by atoms with Crippen molar-refractivity contribution < 1.29 is 80.2 Å². The molecule has 0 rings (SSSR count). The van der Waals surface area contributed by atoms with Gasteiger partial charge in [-0.15, -0.1) is 0 Å². The summed E-state index contributed by atoms with van der Waals surface area (Å²) >= 11 is 0. The SMILES string of the molecule is CCCCCCCCCCCCCCCCCCCCC(=O)OC[C@H](COP(=O)(O)OC[C@@H](O)COP(=O)(O)OC[C@@H](COC(=O)CCCCCCCCCCCC)OC(=O)CCCCCCCCCCCCCCCCC(C)C)OC(=O)CCCCCCCCCCCCCCCCCCCC. The first-order chi connectivity index (χ1) is 50.0. The molecule has 0 spiro atoms. The van der Waals surface area contributed by atoms with Gasteiger partial charge in [-0.2, -0.15) is 0 Å². The highest BCUT2D eigenvalue weighted by atomic mass is 31.2. The summed E-state index contributed by atoms with van der Waals surface area (Å²) in [5.74, 6) is -1.31. The molecule has 3 N–H and O–H groups in total. The highest BCUT2D eigenvalue weighted by Gasteiger charge is 2.30. The van der Waals surface area contributed by atoms with Gasteiger partial charge in [0.25, 0.3) is 0 Å². The van der Waals surface area contributed by atoms with Crippen molar-refractivity contribution in [2.45, 2.75) is 470 Å². The van der Waals surface area contributed by atoms with Gasteiger partial charge >= 0.3 is 39.5 Å². The molecule has 0 aliphatic carbocycles. The van der Waals surface area contributed by atoms with Gasteiger partial charge in [-0.05, 0) is 31.6 Å². The van der Waals surface area contributed by atoms with E-state index in [1.54, 1.807) is 0 Å². The van der Waals surface area contributed by atoms with E-state index in [9.17, 15) is 43.2 Å². The predicted octanol–water partition coefficient (Wildman–Crippen LogP) is 25.6. The topological polar surface area (TPSA) is 237 Å². The lowest BCUT2D eigenvalue weighted by atomic mass is 10.0. The minimum Gasteiger partial charge on any atom is -0.462 e. The van der Waals surface area contributed by atoms with Crippen molar-refractivity contribution in [3.63, 3.8) is 0 Å². The normalized spacial score (nSPS) is 13.8. The predicted molar refractivity (Wildman–Crippen MR) is 423 cm³/mol. The molecule has 0 radical (unpaired) electrons. The van der Waals surface area contributed by atoms with Crippen LogP contribution in [0.3, 0.4) is 0 Å². The molecule has 0 saturated carbocycles. The molecule has 0 bridgehead atoms. The number of phosphoric ester groups is 2. The van der Waals surface area contributed by atoms with Gasteiger partial charge in [0.1, 0.15) is 19.3 Å². The van der Waals surface area contributed by atoms with Crippen LogP contribution >= 0.6 is 15.6 Å². The molecule has 0 aromatic rings. The van der Waals surface area contributed by atoms with Crippen LogP contribution in [0, 0.1) is 5.92 Å². The van der Waals surface area contributed by atoms with Crippen LogP contribution in [0.25, 0.3) is 0 Å². The van der Waals surface area contributed by atoms with Gasteiger partial charge in [0.05, 0.1) is 26.4 Å². The largest absolute Gasteiger partial charge is 0.472 e. The lowest BCUT2D eigenvalue weighted by molar-refractivity contribution is -0.161. The summed E-state index contributed by atoms with van der Waals surface area (Å²) in [7, 11) is -9.92.